The molecule has 11 aromatic rings. The van der Waals surface area contributed by atoms with Gasteiger partial charge in [0, 0.05) is 38.2 Å². The maximum Gasteiger partial charge on any atom is 0.187 e. The third kappa shape index (κ3) is 5.61. The number of nitrogens with zero attached hydrogens (tertiary/aromatic N) is 7. The number of fused-ring (bicyclic) bond motifs is 6. The summed E-state index contributed by atoms with van der Waals surface area (Å²) in [6, 6.07) is 65.7. The van der Waals surface area contributed by atoms with E-state index in [1.54, 1.807) is 0 Å². The fourth-order valence-electron chi connectivity index (χ4n) is 8.52. The average Bonchev–Trinajstić information content (AvgIpc) is 3.84. The van der Waals surface area contributed by atoms with Crippen LogP contribution in [0.15, 0.2) is 188 Å². The van der Waals surface area contributed by atoms with Gasteiger partial charge >= 0.3 is 0 Å². The highest BCUT2D eigenvalue weighted by molar-refractivity contribution is 6.11. The van der Waals surface area contributed by atoms with Gasteiger partial charge in [-0.15, -0.1) is 0 Å². The van der Waals surface area contributed by atoms with Crippen molar-refractivity contribution in [1.29, 1.82) is 5.26 Å². The van der Waals surface area contributed by atoms with Crippen LogP contribution >= 0.6 is 0 Å². The molecule has 0 saturated carbocycles. The fraction of sp³-hybridized carbons (Fsp3) is 0. The monoisotopic (exact) mass is 765 g/mol. The van der Waals surface area contributed by atoms with Crippen LogP contribution in [0.1, 0.15) is 5.56 Å². The summed E-state index contributed by atoms with van der Waals surface area (Å²) in [4.78, 5) is 19.6. The van der Waals surface area contributed by atoms with E-state index in [0.717, 1.165) is 77.2 Å². The summed E-state index contributed by atoms with van der Waals surface area (Å²) in [5, 5.41) is 14.8. The molecule has 0 saturated heterocycles. The van der Waals surface area contributed by atoms with Crippen molar-refractivity contribution >= 4 is 49.3 Å². The van der Waals surface area contributed by atoms with Gasteiger partial charge in [0.05, 0.1) is 51.6 Å². The highest BCUT2D eigenvalue weighted by Gasteiger charge is 2.23. The van der Waals surface area contributed by atoms with Gasteiger partial charge in [-0.1, -0.05) is 127 Å². The van der Waals surface area contributed by atoms with E-state index in [-0.39, 0.29) is 0 Å². The topological polar surface area (TPSA) is 76.7 Å². The van der Waals surface area contributed by atoms with Crippen molar-refractivity contribution in [2.45, 2.75) is 0 Å². The summed E-state index contributed by atoms with van der Waals surface area (Å²) >= 11 is 0. The van der Waals surface area contributed by atoms with Crippen molar-refractivity contribution in [3.8, 4) is 62.7 Å². The van der Waals surface area contributed by atoms with Gasteiger partial charge in [0.15, 0.2) is 23.2 Å². The van der Waals surface area contributed by atoms with Gasteiger partial charge in [0.1, 0.15) is 0 Å². The second-order valence-corrected chi connectivity index (χ2v) is 14.6. The predicted molar refractivity (Wildman–Crippen MR) is 241 cm³/mol. The summed E-state index contributed by atoms with van der Waals surface area (Å²) in [5.41, 5.74) is 11.1. The molecule has 11 rings (SSSR count). The Morgan fingerprint density at radius 2 is 0.867 bits per heavy atom. The van der Waals surface area contributed by atoms with Crippen LogP contribution in [-0.4, -0.2) is 24.1 Å². The lowest BCUT2D eigenvalue weighted by Gasteiger charge is -2.17. The summed E-state index contributed by atoms with van der Waals surface area (Å²) in [6.45, 7) is 7.73. The van der Waals surface area contributed by atoms with Crippen molar-refractivity contribution in [3.63, 3.8) is 0 Å². The Hall–Kier alpha value is -8.65. The smallest absolute Gasteiger partial charge is 0.187 e. The first-order valence-corrected chi connectivity index (χ1v) is 19.6. The molecule has 0 spiro atoms. The van der Waals surface area contributed by atoms with Crippen molar-refractivity contribution in [2.24, 2.45) is 0 Å². The number of aromatic nitrogens is 5. The van der Waals surface area contributed by atoms with E-state index in [1.165, 1.54) is 0 Å². The summed E-state index contributed by atoms with van der Waals surface area (Å²) < 4.78 is 4.52. The molecular weight excluding hydrogens is 735 g/mol. The number of benzene rings is 8. The van der Waals surface area contributed by atoms with Crippen molar-refractivity contribution in [3.05, 3.63) is 205 Å². The van der Waals surface area contributed by atoms with Crippen molar-refractivity contribution in [2.75, 3.05) is 0 Å². The second kappa shape index (κ2) is 14.1. The Kier molecular flexibility index (Phi) is 8.11. The molecule has 0 atom stereocenters. The molecule has 0 unspecified atom stereocenters. The van der Waals surface area contributed by atoms with Crippen LogP contribution in [0.2, 0.25) is 0 Å². The molecule has 278 valence electrons. The maximum atomic E-state index is 10.3. The SMILES string of the molecule is [C-]#[N+]c1cccc(-c2ccc(-n3c4ccccc4c4ccccc43)c(-c3nc(-c4ccccc4)nc(-c4cc(C#N)ccc4-n4c5ccccc5c5ccccc54)n3)c2)c1. The van der Waals surface area contributed by atoms with Crippen LogP contribution in [0.3, 0.4) is 0 Å². The van der Waals surface area contributed by atoms with Gasteiger partial charge in [0.2, 0.25) is 0 Å². The Bertz CT molecular complexity index is 3480. The zero-order valence-electron chi connectivity index (χ0n) is 32.0. The van der Waals surface area contributed by atoms with Gasteiger partial charge in [-0.2, -0.15) is 5.26 Å². The van der Waals surface area contributed by atoms with Crippen LogP contribution < -0.4 is 0 Å². The fourth-order valence-corrected chi connectivity index (χ4v) is 8.52. The first-order chi connectivity index (χ1) is 29.7. The molecule has 0 radical (unpaired) electrons. The minimum absolute atomic E-state index is 0.432. The lowest BCUT2D eigenvalue weighted by Crippen LogP contribution is -2.06. The lowest BCUT2D eigenvalue weighted by molar-refractivity contribution is 1.06. The van der Waals surface area contributed by atoms with E-state index in [9.17, 15) is 5.26 Å². The number of nitriles is 1. The van der Waals surface area contributed by atoms with Crippen LogP contribution in [0.25, 0.3) is 105 Å². The molecule has 0 aliphatic carbocycles. The molecule has 3 aromatic heterocycles. The minimum Gasteiger partial charge on any atom is -0.309 e. The molecule has 0 amide bonds. The Morgan fingerprint density at radius 1 is 0.417 bits per heavy atom. The van der Waals surface area contributed by atoms with Crippen molar-refractivity contribution < 1.29 is 0 Å². The van der Waals surface area contributed by atoms with Gasteiger partial charge < -0.3 is 9.13 Å². The number of para-hydroxylation sites is 4. The molecular formula is C53H31N7. The number of hydrogen-bond acceptors (Lipinski definition) is 4. The quantitative estimate of drug-likeness (QED) is 0.158. The molecule has 0 bridgehead atoms. The molecule has 0 aliphatic heterocycles. The third-order valence-electron chi connectivity index (χ3n) is 11.2. The maximum absolute atomic E-state index is 10.3. The van der Waals surface area contributed by atoms with Crippen molar-refractivity contribution in [1.82, 2.24) is 24.1 Å². The predicted octanol–water partition coefficient (Wildman–Crippen LogP) is 13.2. The highest BCUT2D eigenvalue weighted by atomic mass is 15.1. The first kappa shape index (κ1) is 34.6. The average molecular weight is 766 g/mol. The summed E-state index contributed by atoms with van der Waals surface area (Å²) in [7, 11) is 0. The standard InChI is InChI=1S/C53H31N7/c1-55-38-17-13-16-36(31-38)37-27-29-50(60-47-24-11-7-20-41(47)42-21-8-12-25-48(42)60)44(32-37)53-57-51(35-14-3-2-4-15-35)56-52(58-53)43-30-34(33-54)26-28-49(43)59-45-22-9-5-18-39(45)40-19-6-10-23-46(40)59/h2-32H. The largest absolute Gasteiger partial charge is 0.309 e. The van der Waals surface area contributed by atoms with E-state index in [1.807, 2.05) is 84.9 Å². The molecule has 7 heteroatoms. The van der Waals surface area contributed by atoms with E-state index < -0.39 is 0 Å². The van der Waals surface area contributed by atoms with Gasteiger partial charge in [-0.25, -0.2) is 19.8 Å². The third-order valence-corrected chi connectivity index (χ3v) is 11.2. The van der Waals surface area contributed by atoms with Crippen LogP contribution in [0.5, 0.6) is 0 Å². The Labute approximate surface area is 345 Å². The van der Waals surface area contributed by atoms with Gasteiger partial charge in [-0.3, -0.25) is 0 Å². The zero-order chi connectivity index (χ0) is 40.2. The number of rotatable bonds is 6. The summed E-state index contributed by atoms with van der Waals surface area (Å²) in [6.07, 6.45) is 0. The molecule has 60 heavy (non-hydrogen) atoms. The normalized spacial score (nSPS) is 11.3. The van der Waals surface area contributed by atoms with E-state index in [2.05, 4.69) is 123 Å². The Morgan fingerprint density at radius 3 is 1.40 bits per heavy atom. The van der Waals surface area contributed by atoms with Crippen LogP contribution in [0.4, 0.5) is 5.69 Å². The molecule has 0 fully saturated rings. The molecule has 7 nitrogen and oxygen atoms in total. The van der Waals surface area contributed by atoms with E-state index >= 15 is 0 Å². The molecule has 3 heterocycles. The van der Waals surface area contributed by atoms with E-state index in [0.29, 0.717) is 34.3 Å². The molecule has 0 N–H and O–H groups in total. The lowest BCUT2D eigenvalue weighted by atomic mass is 10.00. The first-order valence-electron chi connectivity index (χ1n) is 19.6. The number of hydrogen-bond donors (Lipinski definition) is 0. The second-order valence-electron chi connectivity index (χ2n) is 14.6. The zero-order valence-corrected chi connectivity index (χ0v) is 32.0. The van der Waals surface area contributed by atoms with Gasteiger partial charge in [-0.05, 0) is 71.8 Å². The molecule has 8 aromatic carbocycles. The highest BCUT2D eigenvalue weighted by Crippen LogP contribution is 2.40. The summed E-state index contributed by atoms with van der Waals surface area (Å²) in [5.74, 6) is 1.40. The van der Waals surface area contributed by atoms with Crippen LogP contribution in [0, 0.1) is 17.9 Å². The van der Waals surface area contributed by atoms with E-state index in [4.69, 9.17) is 21.5 Å². The minimum atomic E-state index is 0.432. The Balaban J connectivity index is 1.24. The van der Waals surface area contributed by atoms with Gasteiger partial charge in [0.25, 0.3) is 0 Å². The molecule has 0 aliphatic rings. The van der Waals surface area contributed by atoms with Crippen LogP contribution in [-0.2, 0) is 0 Å².